The fourth-order valence-electron chi connectivity index (χ4n) is 1.95. The van der Waals surface area contributed by atoms with Crippen molar-refractivity contribution in [1.29, 1.82) is 0 Å². The van der Waals surface area contributed by atoms with Gasteiger partial charge in [-0.3, -0.25) is 4.79 Å². The summed E-state index contributed by atoms with van der Waals surface area (Å²) in [6.07, 6.45) is 2.79. The zero-order valence-electron chi connectivity index (χ0n) is 11.7. The third-order valence-electron chi connectivity index (χ3n) is 3.04. The van der Waals surface area contributed by atoms with Gasteiger partial charge < -0.3 is 11.1 Å². The fourth-order valence-corrected chi connectivity index (χ4v) is 2.99. The Balaban J connectivity index is 2.04. The Morgan fingerprint density at radius 3 is 2.71 bits per heavy atom. The zero-order valence-corrected chi connectivity index (χ0v) is 13.3. The first kappa shape index (κ1) is 15.6. The normalized spacial score (nSPS) is 11.9. The predicted molar refractivity (Wildman–Crippen MR) is 89.3 cm³/mol. The monoisotopic (exact) mass is 319 g/mol. The average molecular weight is 319 g/mol. The van der Waals surface area contributed by atoms with Crippen LogP contribution in [0.5, 0.6) is 0 Å². The number of thiocarbonyl (C=S) groups is 1. The molecule has 1 atom stereocenters. The molecule has 6 heteroatoms. The van der Waals surface area contributed by atoms with E-state index in [2.05, 4.69) is 17.2 Å². The van der Waals surface area contributed by atoms with Crippen molar-refractivity contribution in [1.82, 2.24) is 10.3 Å². The maximum Gasteiger partial charge on any atom is 0.234 e. The Morgan fingerprint density at radius 2 is 2.14 bits per heavy atom. The Hall–Kier alpha value is -1.79. The van der Waals surface area contributed by atoms with Crippen LogP contribution in [0.4, 0.5) is 0 Å². The summed E-state index contributed by atoms with van der Waals surface area (Å²) in [6.45, 7) is 2.48. The minimum atomic E-state index is -0.605. The molecule has 1 amide bonds. The van der Waals surface area contributed by atoms with Crippen molar-refractivity contribution in [3.05, 3.63) is 52.0 Å². The van der Waals surface area contributed by atoms with Crippen molar-refractivity contribution in [2.75, 3.05) is 0 Å². The number of aryl methyl sites for hydroxylation is 1. The van der Waals surface area contributed by atoms with Crippen LogP contribution in [0.25, 0.3) is 0 Å². The van der Waals surface area contributed by atoms with Crippen molar-refractivity contribution >= 4 is 34.5 Å². The van der Waals surface area contributed by atoms with Gasteiger partial charge in [-0.25, -0.2) is 4.98 Å². The number of nitrogens with one attached hydrogen (secondary N) is 1. The lowest BCUT2D eigenvalue weighted by molar-refractivity contribution is -0.121. The first-order chi connectivity index (χ1) is 10.1. The van der Waals surface area contributed by atoms with E-state index in [-0.39, 0.29) is 10.9 Å². The van der Waals surface area contributed by atoms with Gasteiger partial charge in [0.2, 0.25) is 5.91 Å². The highest BCUT2D eigenvalue weighted by Crippen LogP contribution is 2.17. The Labute approximate surface area is 133 Å². The van der Waals surface area contributed by atoms with Gasteiger partial charge in [-0.1, -0.05) is 49.5 Å². The van der Waals surface area contributed by atoms with Crippen molar-refractivity contribution in [2.24, 2.45) is 5.73 Å². The number of nitrogens with zero attached hydrogens (tertiary/aromatic N) is 1. The smallest absolute Gasteiger partial charge is 0.234 e. The number of thiazole rings is 1. The molecule has 0 aliphatic rings. The highest BCUT2D eigenvalue weighted by molar-refractivity contribution is 7.80. The van der Waals surface area contributed by atoms with Crippen molar-refractivity contribution < 1.29 is 4.79 Å². The van der Waals surface area contributed by atoms with E-state index in [1.165, 1.54) is 4.88 Å². The molecule has 0 aliphatic heterocycles. The number of aromatic nitrogens is 1. The summed E-state index contributed by atoms with van der Waals surface area (Å²) in [5, 5.41) is 3.74. The second-order valence-corrected chi connectivity index (χ2v) is 6.21. The quantitative estimate of drug-likeness (QED) is 0.802. The molecular weight excluding hydrogens is 302 g/mol. The van der Waals surface area contributed by atoms with Gasteiger partial charge in [-0.2, -0.15) is 0 Å². The lowest BCUT2D eigenvalue weighted by atomic mass is 9.98. The first-order valence-electron chi connectivity index (χ1n) is 6.67. The van der Waals surface area contributed by atoms with Crippen LogP contribution in [0.3, 0.4) is 0 Å². The molecule has 0 fully saturated rings. The van der Waals surface area contributed by atoms with Crippen LogP contribution in [-0.4, -0.2) is 15.9 Å². The summed E-state index contributed by atoms with van der Waals surface area (Å²) in [4.78, 5) is 18.0. The number of amides is 1. The summed E-state index contributed by atoms with van der Waals surface area (Å²) < 4.78 is 0. The van der Waals surface area contributed by atoms with Crippen LogP contribution < -0.4 is 11.1 Å². The predicted octanol–water partition coefficient (Wildman–Crippen LogP) is 2.39. The van der Waals surface area contributed by atoms with Crippen LogP contribution in [0.2, 0.25) is 0 Å². The number of nitrogens with two attached hydrogens (primary N) is 1. The molecule has 0 spiro atoms. The Bertz CT molecular complexity index is 625. The SMILES string of the molecule is CCc1cnc(CNC(=O)C(C(N)=S)c2ccccc2)s1. The molecule has 0 saturated carbocycles. The number of hydrogen-bond acceptors (Lipinski definition) is 4. The van der Waals surface area contributed by atoms with Crippen LogP contribution in [0, 0.1) is 0 Å². The standard InChI is InChI=1S/C15H17N3OS2/c1-2-11-8-17-12(21-11)9-18-15(19)13(14(16)20)10-6-4-3-5-7-10/h3-8,13H,2,9H2,1H3,(H2,16,20)(H,18,19). The van der Waals surface area contributed by atoms with Gasteiger partial charge in [-0.15, -0.1) is 11.3 Å². The Morgan fingerprint density at radius 1 is 1.43 bits per heavy atom. The van der Waals surface area contributed by atoms with E-state index in [1.54, 1.807) is 11.3 Å². The maximum atomic E-state index is 12.3. The molecule has 0 bridgehead atoms. The summed E-state index contributed by atoms with van der Waals surface area (Å²) in [5.74, 6) is -0.797. The molecule has 1 aromatic heterocycles. The molecule has 21 heavy (non-hydrogen) atoms. The first-order valence-corrected chi connectivity index (χ1v) is 7.89. The maximum absolute atomic E-state index is 12.3. The summed E-state index contributed by atoms with van der Waals surface area (Å²) in [7, 11) is 0. The van der Waals surface area contributed by atoms with Gasteiger partial charge in [0, 0.05) is 11.1 Å². The van der Waals surface area contributed by atoms with E-state index in [0.29, 0.717) is 6.54 Å². The molecule has 3 N–H and O–H groups in total. The van der Waals surface area contributed by atoms with Gasteiger partial charge in [0.1, 0.15) is 10.9 Å². The van der Waals surface area contributed by atoms with Crippen molar-refractivity contribution in [3.63, 3.8) is 0 Å². The summed E-state index contributed by atoms with van der Waals surface area (Å²) >= 11 is 6.63. The van der Waals surface area contributed by atoms with Crippen LogP contribution in [0.1, 0.15) is 28.3 Å². The topological polar surface area (TPSA) is 68.0 Å². The molecule has 1 heterocycles. The second kappa shape index (κ2) is 7.28. The van der Waals surface area contributed by atoms with E-state index < -0.39 is 5.92 Å². The van der Waals surface area contributed by atoms with Crippen LogP contribution >= 0.6 is 23.6 Å². The number of carbonyl (C=O) groups excluding carboxylic acids is 1. The molecule has 4 nitrogen and oxygen atoms in total. The largest absolute Gasteiger partial charge is 0.392 e. The zero-order chi connectivity index (χ0) is 15.2. The van der Waals surface area contributed by atoms with Crippen LogP contribution in [0.15, 0.2) is 36.5 Å². The van der Waals surface area contributed by atoms with E-state index in [9.17, 15) is 4.79 Å². The number of hydrogen-bond donors (Lipinski definition) is 2. The van der Waals surface area contributed by atoms with Crippen LogP contribution in [-0.2, 0) is 17.8 Å². The van der Waals surface area contributed by atoms with Gasteiger partial charge in [0.05, 0.1) is 11.5 Å². The number of rotatable bonds is 6. The molecule has 1 aromatic carbocycles. The number of benzene rings is 1. The minimum Gasteiger partial charge on any atom is -0.392 e. The van der Waals surface area contributed by atoms with Crippen molar-refractivity contribution in [2.45, 2.75) is 25.8 Å². The fraction of sp³-hybridized carbons (Fsp3) is 0.267. The molecule has 0 aliphatic carbocycles. The molecule has 110 valence electrons. The highest BCUT2D eigenvalue weighted by Gasteiger charge is 2.23. The van der Waals surface area contributed by atoms with Crippen molar-refractivity contribution in [3.8, 4) is 0 Å². The third kappa shape index (κ3) is 4.09. The average Bonchev–Trinajstić information content (AvgIpc) is 2.94. The summed E-state index contributed by atoms with van der Waals surface area (Å²) in [5.41, 5.74) is 6.52. The number of carbonyl (C=O) groups is 1. The molecule has 2 aromatic rings. The Kier molecular flexibility index (Phi) is 5.41. The molecule has 0 saturated heterocycles. The van der Waals surface area contributed by atoms with E-state index in [1.807, 2.05) is 36.5 Å². The lowest BCUT2D eigenvalue weighted by Crippen LogP contribution is -2.35. The highest BCUT2D eigenvalue weighted by atomic mass is 32.1. The molecular formula is C15H17N3OS2. The third-order valence-corrected chi connectivity index (χ3v) is 4.42. The summed E-state index contributed by atoms with van der Waals surface area (Å²) in [6, 6.07) is 9.31. The van der Waals surface area contributed by atoms with E-state index in [0.717, 1.165) is 17.0 Å². The van der Waals surface area contributed by atoms with E-state index >= 15 is 0 Å². The van der Waals surface area contributed by atoms with Gasteiger partial charge in [-0.05, 0) is 12.0 Å². The second-order valence-electron chi connectivity index (χ2n) is 4.54. The molecule has 0 radical (unpaired) electrons. The molecule has 1 unspecified atom stereocenters. The minimum absolute atomic E-state index is 0.173. The van der Waals surface area contributed by atoms with Gasteiger partial charge in [0.15, 0.2) is 0 Å². The lowest BCUT2D eigenvalue weighted by Gasteiger charge is -2.15. The van der Waals surface area contributed by atoms with Gasteiger partial charge >= 0.3 is 0 Å². The molecule has 2 rings (SSSR count). The van der Waals surface area contributed by atoms with E-state index in [4.69, 9.17) is 18.0 Å². The van der Waals surface area contributed by atoms with Gasteiger partial charge in [0.25, 0.3) is 0 Å².